The quantitative estimate of drug-likeness (QED) is 0.185. The molecule has 1 aromatic rings. The molecule has 37 heavy (non-hydrogen) atoms. The molecule has 1 fully saturated rings. The molecule has 0 aromatic heterocycles. The van der Waals surface area contributed by atoms with Gasteiger partial charge in [0.15, 0.2) is 5.78 Å². The maximum absolute atomic E-state index is 12.7. The van der Waals surface area contributed by atoms with Crippen molar-refractivity contribution in [3.8, 4) is 0 Å². The summed E-state index contributed by atoms with van der Waals surface area (Å²) >= 11 is 0. The molecule has 2 rings (SSSR count). The summed E-state index contributed by atoms with van der Waals surface area (Å²) in [6, 6.07) is 5.88. The molecule has 1 aromatic carbocycles. The van der Waals surface area contributed by atoms with E-state index in [0.717, 1.165) is 48.4 Å². The largest absolute Gasteiger partial charge is 0.497 e. The number of hydrogen-bond acceptors (Lipinski definition) is 3. The van der Waals surface area contributed by atoms with Gasteiger partial charge in [0.2, 0.25) is 5.91 Å². The molecule has 206 valence electrons. The number of carbonyl (C=O) groups is 2. The minimum Gasteiger partial charge on any atom is -0.497 e. The van der Waals surface area contributed by atoms with Gasteiger partial charge in [-0.05, 0) is 87.5 Å². The highest BCUT2D eigenvalue weighted by molar-refractivity contribution is 5.95. The second-order valence-corrected chi connectivity index (χ2v) is 10.5. The van der Waals surface area contributed by atoms with Crippen molar-refractivity contribution in [1.82, 2.24) is 5.32 Å². The molecule has 4 heteroatoms. The van der Waals surface area contributed by atoms with Gasteiger partial charge < -0.3 is 10.1 Å². The monoisotopic (exact) mass is 509 g/mol. The Bertz CT molecular complexity index is 948. The van der Waals surface area contributed by atoms with E-state index in [-0.39, 0.29) is 17.6 Å². The van der Waals surface area contributed by atoms with E-state index in [9.17, 15) is 9.59 Å². The molecule has 1 saturated carbocycles. The third-order valence-electron chi connectivity index (χ3n) is 7.49. The van der Waals surface area contributed by atoms with Gasteiger partial charge in [-0.2, -0.15) is 0 Å². The third-order valence-corrected chi connectivity index (χ3v) is 7.49. The van der Waals surface area contributed by atoms with E-state index in [4.69, 9.17) is 4.74 Å². The van der Waals surface area contributed by atoms with Crippen LogP contribution in [0.25, 0.3) is 0 Å². The van der Waals surface area contributed by atoms with E-state index in [1.807, 2.05) is 38.1 Å². The van der Waals surface area contributed by atoms with Crippen molar-refractivity contribution in [3.05, 3.63) is 70.6 Å². The summed E-state index contributed by atoms with van der Waals surface area (Å²) in [6.45, 7) is 18.2. The Morgan fingerprint density at radius 3 is 2.27 bits per heavy atom. The first kappa shape index (κ1) is 32.4. The van der Waals surface area contributed by atoms with Crippen molar-refractivity contribution in [1.29, 1.82) is 0 Å². The number of Topliss-reactive ketones (excluding diaryl/α,β-unsaturated/α-hetero) is 1. The Morgan fingerprint density at radius 2 is 1.78 bits per heavy atom. The fraction of sp³-hybridized carbons (Fsp3) is 0.576. The minimum atomic E-state index is 0.146. The summed E-state index contributed by atoms with van der Waals surface area (Å²) in [4.78, 5) is 23.9. The summed E-state index contributed by atoms with van der Waals surface area (Å²) < 4.78 is 5.20. The number of carbonyl (C=O) groups excluding carboxylic acids is 2. The van der Waals surface area contributed by atoms with Crippen molar-refractivity contribution >= 4 is 11.7 Å². The van der Waals surface area contributed by atoms with Gasteiger partial charge in [-0.3, -0.25) is 9.59 Å². The van der Waals surface area contributed by atoms with Gasteiger partial charge in [0.05, 0.1) is 7.11 Å². The van der Waals surface area contributed by atoms with E-state index < -0.39 is 0 Å². The van der Waals surface area contributed by atoms with E-state index in [1.165, 1.54) is 36.8 Å². The number of allylic oxidation sites excluding steroid dienone is 3. The highest BCUT2D eigenvalue weighted by atomic mass is 16.5. The van der Waals surface area contributed by atoms with Crippen molar-refractivity contribution in [2.75, 3.05) is 7.11 Å². The molecule has 1 atom stereocenters. The summed E-state index contributed by atoms with van der Waals surface area (Å²) in [7, 11) is 1.62. The molecule has 1 amide bonds. The number of rotatable bonds is 11. The van der Waals surface area contributed by atoms with Crippen LogP contribution >= 0.6 is 0 Å². The number of aryl methyl sites for hydroxylation is 1. The first-order valence-corrected chi connectivity index (χ1v) is 14.1. The Kier molecular flexibility index (Phi) is 14.9. The Morgan fingerprint density at radius 1 is 1.14 bits per heavy atom. The molecular weight excluding hydrogens is 458 g/mol. The second kappa shape index (κ2) is 17.0. The second-order valence-electron chi connectivity index (χ2n) is 10.5. The van der Waals surface area contributed by atoms with Crippen LogP contribution in [0, 0.1) is 24.7 Å². The summed E-state index contributed by atoms with van der Waals surface area (Å²) in [5.41, 5.74) is 5.07. The molecule has 0 bridgehead atoms. The van der Waals surface area contributed by atoms with Crippen LogP contribution in [0.5, 0.6) is 0 Å². The van der Waals surface area contributed by atoms with Gasteiger partial charge in [0.1, 0.15) is 5.76 Å². The van der Waals surface area contributed by atoms with Crippen LogP contribution in [0.4, 0.5) is 0 Å². The zero-order valence-corrected chi connectivity index (χ0v) is 24.7. The molecule has 0 radical (unpaired) electrons. The van der Waals surface area contributed by atoms with Crippen molar-refractivity contribution < 1.29 is 14.3 Å². The maximum Gasteiger partial charge on any atom is 0.227 e. The topological polar surface area (TPSA) is 55.4 Å². The van der Waals surface area contributed by atoms with E-state index in [1.54, 1.807) is 14.0 Å². The van der Waals surface area contributed by atoms with Crippen LogP contribution in [0.2, 0.25) is 0 Å². The van der Waals surface area contributed by atoms with Crippen LogP contribution in [0.1, 0.15) is 108 Å². The van der Waals surface area contributed by atoms with Gasteiger partial charge >= 0.3 is 0 Å². The molecule has 0 aliphatic heterocycles. The molecule has 4 nitrogen and oxygen atoms in total. The number of ether oxygens (including phenoxy) is 1. The lowest BCUT2D eigenvalue weighted by Gasteiger charge is -2.27. The predicted molar refractivity (Wildman–Crippen MR) is 157 cm³/mol. The number of ketones is 1. The van der Waals surface area contributed by atoms with Gasteiger partial charge in [0.25, 0.3) is 0 Å². The lowest BCUT2D eigenvalue weighted by atomic mass is 9.79. The first-order chi connectivity index (χ1) is 17.6. The third kappa shape index (κ3) is 11.1. The van der Waals surface area contributed by atoms with Gasteiger partial charge in [0, 0.05) is 17.2 Å². The zero-order valence-electron chi connectivity index (χ0n) is 24.7. The molecule has 1 unspecified atom stereocenters. The molecule has 0 spiro atoms. The van der Waals surface area contributed by atoms with Gasteiger partial charge in [-0.25, -0.2) is 0 Å². The van der Waals surface area contributed by atoms with Crippen LogP contribution in [-0.4, -0.2) is 18.8 Å². The molecule has 0 heterocycles. The predicted octanol–water partition coefficient (Wildman–Crippen LogP) is 8.51. The SMILES string of the molecule is C=C(OC)/C(C)=C\C(=C/C(C)CC)NC(=O)C1CCC(CCC)CC1.CCc1c(C)cccc1C(C)=O. The summed E-state index contributed by atoms with van der Waals surface area (Å²) in [5, 5.41) is 3.16. The summed E-state index contributed by atoms with van der Waals surface area (Å²) in [5.74, 6) is 2.33. The van der Waals surface area contributed by atoms with E-state index >= 15 is 0 Å². The number of amides is 1. The van der Waals surface area contributed by atoms with Crippen molar-refractivity contribution in [2.45, 2.75) is 99.8 Å². The minimum absolute atomic E-state index is 0.146. The van der Waals surface area contributed by atoms with Crippen molar-refractivity contribution in [3.63, 3.8) is 0 Å². The molecular formula is C33H51NO3. The highest BCUT2D eigenvalue weighted by Gasteiger charge is 2.26. The number of hydrogen-bond donors (Lipinski definition) is 1. The zero-order chi connectivity index (χ0) is 28.0. The number of methoxy groups -OCH3 is 1. The molecule has 1 aliphatic carbocycles. The van der Waals surface area contributed by atoms with Crippen LogP contribution in [-0.2, 0) is 16.0 Å². The highest BCUT2D eigenvalue weighted by Crippen LogP contribution is 2.31. The van der Waals surface area contributed by atoms with E-state index in [0.29, 0.717) is 11.7 Å². The normalized spacial score (nSPS) is 18.8. The Balaban J connectivity index is 0.000000474. The van der Waals surface area contributed by atoms with Crippen LogP contribution in [0.3, 0.4) is 0 Å². The molecule has 0 saturated heterocycles. The Hall–Kier alpha value is -2.62. The van der Waals surface area contributed by atoms with Gasteiger partial charge in [-0.15, -0.1) is 0 Å². The number of nitrogens with one attached hydrogen (secondary N) is 1. The fourth-order valence-electron chi connectivity index (χ4n) is 4.89. The molecule has 1 aliphatic rings. The average molecular weight is 510 g/mol. The number of benzene rings is 1. The van der Waals surface area contributed by atoms with E-state index in [2.05, 4.69) is 45.7 Å². The standard InChI is InChI=1S/C22H37NO2.C11H14O/c1-7-9-19-10-12-20(13-11-19)22(24)23-21(14-16(3)8-2)15-17(4)18(5)25-6;1-4-10-8(2)6-5-7-11(10)9(3)12/h14-16,19-20H,5,7-13H2,1-4,6H3,(H,23,24);5-7H,4H2,1-3H3/b17-15-,21-14+;. The lowest BCUT2D eigenvalue weighted by molar-refractivity contribution is -0.125. The van der Waals surface area contributed by atoms with Crippen LogP contribution in [0.15, 0.2) is 54.0 Å². The summed E-state index contributed by atoms with van der Waals surface area (Å²) in [6.07, 6.45) is 13.0. The fourth-order valence-corrected chi connectivity index (χ4v) is 4.89. The first-order valence-electron chi connectivity index (χ1n) is 14.1. The Labute approximate surface area is 226 Å². The smallest absolute Gasteiger partial charge is 0.227 e. The maximum atomic E-state index is 12.7. The van der Waals surface area contributed by atoms with Crippen molar-refractivity contribution in [2.24, 2.45) is 17.8 Å². The molecule has 1 N–H and O–H groups in total. The van der Waals surface area contributed by atoms with Gasteiger partial charge in [-0.1, -0.05) is 77.8 Å². The lowest BCUT2D eigenvalue weighted by Crippen LogP contribution is -2.32. The average Bonchev–Trinajstić information content (AvgIpc) is 2.88. The van der Waals surface area contributed by atoms with Crippen LogP contribution < -0.4 is 5.32 Å².